The third-order valence-electron chi connectivity index (χ3n) is 4.84. The third-order valence-corrected chi connectivity index (χ3v) is 4.84. The highest BCUT2D eigenvalue weighted by Gasteiger charge is 2.50. The van der Waals surface area contributed by atoms with Gasteiger partial charge in [0.1, 0.15) is 23.7 Å². The molecule has 2 aromatic carbocycles. The number of halogens is 5. The van der Waals surface area contributed by atoms with Gasteiger partial charge in [-0.15, -0.1) is 0 Å². The Morgan fingerprint density at radius 1 is 1.13 bits per heavy atom. The Hall–Kier alpha value is -3.50. The van der Waals surface area contributed by atoms with Gasteiger partial charge in [0, 0.05) is 12.1 Å². The molecule has 4 amide bonds. The summed E-state index contributed by atoms with van der Waals surface area (Å²) in [5.74, 6) is -3.65. The Kier molecular flexibility index (Phi) is 5.70. The minimum Gasteiger partial charge on any atom is -0.350 e. The molecule has 1 heterocycles. The summed E-state index contributed by atoms with van der Waals surface area (Å²) < 4.78 is 66.4. The summed E-state index contributed by atoms with van der Waals surface area (Å²) in [5, 5.41) is 4.50. The van der Waals surface area contributed by atoms with Crippen molar-refractivity contribution < 1.29 is 36.3 Å². The Morgan fingerprint density at radius 2 is 1.81 bits per heavy atom. The number of carbonyl (C=O) groups is 3. The molecule has 0 saturated carbocycles. The molecule has 1 aliphatic rings. The number of rotatable bonds is 5. The molecule has 1 aliphatic heterocycles. The van der Waals surface area contributed by atoms with E-state index in [1.54, 1.807) is 0 Å². The van der Waals surface area contributed by atoms with Crippen molar-refractivity contribution in [1.82, 2.24) is 15.5 Å². The largest absolute Gasteiger partial charge is 0.416 e. The van der Waals surface area contributed by atoms with Gasteiger partial charge in [-0.05, 0) is 30.7 Å². The zero-order valence-electron chi connectivity index (χ0n) is 16.0. The third kappa shape index (κ3) is 4.35. The van der Waals surface area contributed by atoms with Crippen LogP contribution in [0.25, 0.3) is 0 Å². The maximum absolute atomic E-state index is 14.1. The molecule has 1 fully saturated rings. The fourth-order valence-corrected chi connectivity index (χ4v) is 3.25. The van der Waals surface area contributed by atoms with Gasteiger partial charge in [0.15, 0.2) is 0 Å². The maximum atomic E-state index is 14.1. The van der Waals surface area contributed by atoms with Crippen LogP contribution >= 0.6 is 0 Å². The highest BCUT2D eigenvalue weighted by atomic mass is 19.4. The van der Waals surface area contributed by atoms with E-state index in [-0.39, 0.29) is 5.56 Å². The normalized spacial score (nSPS) is 18.8. The Labute approximate surface area is 173 Å². The standard InChI is InChI=1S/C20H16F5N3O3/c1-19(13-4-2-3-5-15(13)22)17(30)28(18(31)27-19)10-16(29)26-9-11-6-7-12(21)8-14(11)20(23,24)25/h2-8H,9-10H2,1H3,(H,26,29)(H,27,31)/t19-/m1/s1. The number of nitrogens with zero attached hydrogens (tertiary/aromatic N) is 1. The quantitative estimate of drug-likeness (QED) is 0.553. The molecule has 0 aliphatic carbocycles. The first kappa shape index (κ1) is 22.2. The first-order valence-corrected chi connectivity index (χ1v) is 8.95. The van der Waals surface area contributed by atoms with Gasteiger partial charge in [-0.2, -0.15) is 13.2 Å². The molecule has 0 radical (unpaired) electrons. The molecule has 11 heteroatoms. The van der Waals surface area contributed by atoms with E-state index < -0.39 is 65.4 Å². The van der Waals surface area contributed by atoms with Crippen LogP contribution in [0.2, 0.25) is 0 Å². The number of benzene rings is 2. The molecule has 2 N–H and O–H groups in total. The summed E-state index contributed by atoms with van der Waals surface area (Å²) >= 11 is 0. The summed E-state index contributed by atoms with van der Waals surface area (Å²) in [6, 6.07) is 6.33. The zero-order chi connectivity index (χ0) is 23.0. The number of hydrogen-bond acceptors (Lipinski definition) is 3. The van der Waals surface area contributed by atoms with Crippen molar-refractivity contribution in [3.05, 3.63) is 70.8 Å². The summed E-state index contributed by atoms with van der Waals surface area (Å²) in [6.45, 7) is -0.128. The fraction of sp³-hybridized carbons (Fsp3) is 0.250. The number of carbonyl (C=O) groups excluding carboxylic acids is 3. The van der Waals surface area contributed by atoms with Crippen molar-refractivity contribution in [2.75, 3.05) is 6.54 Å². The van der Waals surface area contributed by atoms with Crippen LogP contribution in [-0.4, -0.2) is 29.3 Å². The van der Waals surface area contributed by atoms with Crippen molar-refractivity contribution >= 4 is 17.8 Å². The number of amides is 4. The molecule has 31 heavy (non-hydrogen) atoms. The lowest BCUT2D eigenvalue weighted by atomic mass is 9.91. The van der Waals surface area contributed by atoms with Crippen molar-refractivity contribution in [3.63, 3.8) is 0 Å². The van der Waals surface area contributed by atoms with Gasteiger partial charge < -0.3 is 10.6 Å². The molecule has 0 spiro atoms. The summed E-state index contributed by atoms with van der Waals surface area (Å²) in [6.07, 6.45) is -4.84. The van der Waals surface area contributed by atoms with E-state index in [0.717, 1.165) is 18.2 Å². The van der Waals surface area contributed by atoms with Crippen molar-refractivity contribution in [2.24, 2.45) is 0 Å². The van der Waals surface area contributed by atoms with Crippen LogP contribution in [0.4, 0.5) is 26.7 Å². The van der Waals surface area contributed by atoms with Gasteiger partial charge in [-0.25, -0.2) is 13.6 Å². The second kappa shape index (κ2) is 7.97. The molecule has 6 nitrogen and oxygen atoms in total. The maximum Gasteiger partial charge on any atom is 0.416 e. The number of alkyl halides is 3. The molecule has 2 aromatic rings. The summed E-state index contributed by atoms with van der Waals surface area (Å²) in [7, 11) is 0. The molecule has 0 aromatic heterocycles. The van der Waals surface area contributed by atoms with Gasteiger partial charge in [0.2, 0.25) is 5.91 Å². The average molecular weight is 441 g/mol. The van der Waals surface area contributed by atoms with Gasteiger partial charge >= 0.3 is 12.2 Å². The van der Waals surface area contributed by atoms with Gasteiger partial charge in [-0.1, -0.05) is 24.3 Å². The Morgan fingerprint density at radius 3 is 2.45 bits per heavy atom. The van der Waals surface area contributed by atoms with Crippen molar-refractivity contribution in [3.8, 4) is 0 Å². The van der Waals surface area contributed by atoms with E-state index in [0.29, 0.717) is 11.0 Å². The summed E-state index contributed by atoms with van der Waals surface area (Å²) in [5.41, 5.74) is -3.49. The van der Waals surface area contributed by atoms with Crippen LogP contribution in [0.1, 0.15) is 23.6 Å². The number of imide groups is 1. The number of nitrogens with one attached hydrogen (secondary N) is 2. The molecule has 3 rings (SSSR count). The zero-order valence-corrected chi connectivity index (χ0v) is 16.0. The lowest BCUT2D eigenvalue weighted by molar-refractivity contribution is -0.138. The minimum atomic E-state index is -4.84. The summed E-state index contributed by atoms with van der Waals surface area (Å²) in [4.78, 5) is 37.7. The highest BCUT2D eigenvalue weighted by Crippen LogP contribution is 2.33. The topological polar surface area (TPSA) is 78.5 Å². The van der Waals surface area contributed by atoms with Crippen molar-refractivity contribution in [2.45, 2.75) is 25.2 Å². The van der Waals surface area contributed by atoms with Gasteiger partial charge in [0.25, 0.3) is 5.91 Å². The first-order chi connectivity index (χ1) is 14.4. The van der Waals surface area contributed by atoms with Crippen LogP contribution in [0.3, 0.4) is 0 Å². The van der Waals surface area contributed by atoms with Crippen LogP contribution in [-0.2, 0) is 27.8 Å². The second-order valence-corrected chi connectivity index (χ2v) is 7.00. The van der Waals surface area contributed by atoms with E-state index in [2.05, 4.69) is 10.6 Å². The fourth-order valence-electron chi connectivity index (χ4n) is 3.25. The van der Waals surface area contributed by atoms with Crippen LogP contribution in [0.5, 0.6) is 0 Å². The van der Waals surface area contributed by atoms with Crippen molar-refractivity contribution in [1.29, 1.82) is 0 Å². The average Bonchev–Trinajstić information content (AvgIpc) is 2.90. The molecule has 0 unspecified atom stereocenters. The second-order valence-electron chi connectivity index (χ2n) is 7.00. The predicted molar refractivity (Wildman–Crippen MR) is 97.2 cm³/mol. The van der Waals surface area contributed by atoms with Gasteiger partial charge in [0.05, 0.1) is 5.56 Å². The van der Waals surface area contributed by atoms with E-state index in [9.17, 15) is 36.3 Å². The Balaban J connectivity index is 1.71. The van der Waals surface area contributed by atoms with E-state index in [4.69, 9.17) is 0 Å². The number of hydrogen-bond donors (Lipinski definition) is 2. The van der Waals surface area contributed by atoms with E-state index >= 15 is 0 Å². The molecular weight excluding hydrogens is 425 g/mol. The predicted octanol–water partition coefficient (Wildman–Crippen LogP) is 3.07. The Bertz CT molecular complexity index is 1060. The van der Waals surface area contributed by atoms with Crippen LogP contribution in [0, 0.1) is 11.6 Å². The molecule has 1 saturated heterocycles. The lowest BCUT2D eigenvalue weighted by Gasteiger charge is -2.22. The lowest BCUT2D eigenvalue weighted by Crippen LogP contribution is -2.43. The van der Waals surface area contributed by atoms with Gasteiger partial charge in [-0.3, -0.25) is 14.5 Å². The van der Waals surface area contributed by atoms with E-state index in [1.807, 2.05) is 0 Å². The monoisotopic (exact) mass is 441 g/mol. The number of urea groups is 1. The van der Waals surface area contributed by atoms with Crippen LogP contribution < -0.4 is 10.6 Å². The molecule has 164 valence electrons. The molecular formula is C20H16F5N3O3. The first-order valence-electron chi connectivity index (χ1n) is 8.95. The minimum absolute atomic E-state index is 0.0996. The smallest absolute Gasteiger partial charge is 0.350 e. The highest BCUT2D eigenvalue weighted by molar-refractivity contribution is 6.09. The van der Waals surface area contributed by atoms with E-state index in [1.165, 1.54) is 25.1 Å². The molecule has 0 bridgehead atoms. The molecule has 1 atom stereocenters. The SMILES string of the molecule is C[C@]1(c2ccccc2F)NC(=O)N(CC(=O)NCc2ccc(F)cc2C(F)(F)F)C1=O. The van der Waals surface area contributed by atoms with Crippen LogP contribution in [0.15, 0.2) is 42.5 Å².